The molecule has 1 aliphatic rings. The smallest absolute Gasteiger partial charge is 0.255 e. The SMILES string of the molecule is COc1ccccc1C(=O)NCC(C)(C)N1CCCCC1. The van der Waals surface area contributed by atoms with Gasteiger partial charge in [0.05, 0.1) is 12.7 Å². The van der Waals surface area contributed by atoms with Gasteiger partial charge in [0.15, 0.2) is 0 Å². The fraction of sp³-hybridized carbons (Fsp3) is 0.588. The predicted molar refractivity (Wildman–Crippen MR) is 84.8 cm³/mol. The third-order valence-corrected chi connectivity index (χ3v) is 4.25. The molecule has 116 valence electrons. The number of piperidine rings is 1. The van der Waals surface area contributed by atoms with Crippen molar-refractivity contribution in [2.75, 3.05) is 26.7 Å². The Morgan fingerprint density at radius 3 is 2.57 bits per heavy atom. The molecule has 0 spiro atoms. The van der Waals surface area contributed by atoms with Gasteiger partial charge in [0.1, 0.15) is 5.75 Å². The van der Waals surface area contributed by atoms with E-state index in [0.29, 0.717) is 17.9 Å². The number of para-hydroxylation sites is 1. The second-order valence-electron chi connectivity index (χ2n) is 6.24. The topological polar surface area (TPSA) is 41.6 Å². The van der Waals surface area contributed by atoms with E-state index in [0.717, 1.165) is 13.1 Å². The molecule has 0 aliphatic carbocycles. The molecule has 0 saturated carbocycles. The second kappa shape index (κ2) is 6.94. The highest BCUT2D eigenvalue weighted by molar-refractivity contribution is 5.96. The number of methoxy groups -OCH3 is 1. The van der Waals surface area contributed by atoms with Crippen molar-refractivity contribution in [2.24, 2.45) is 0 Å². The molecule has 1 aliphatic heterocycles. The standard InChI is InChI=1S/C17H26N2O2/c1-17(2,19-11-7-4-8-12-19)13-18-16(20)14-9-5-6-10-15(14)21-3/h5-6,9-10H,4,7-8,11-13H2,1-3H3,(H,18,20). The van der Waals surface area contributed by atoms with Gasteiger partial charge < -0.3 is 10.1 Å². The van der Waals surface area contributed by atoms with E-state index in [1.54, 1.807) is 13.2 Å². The molecule has 1 amide bonds. The number of hydrogen-bond donors (Lipinski definition) is 1. The van der Waals surface area contributed by atoms with E-state index in [-0.39, 0.29) is 11.4 Å². The van der Waals surface area contributed by atoms with Gasteiger partial charge in [0.25, 0.3) is 5.91 Å². The lowest BCUT2D eigenvalue weighted by molar-refractivity contribution is 0.0795. The lowest BCUT2D eigenvalue weighted by atomic mass is 9.98. The Hall–Kier alpha value is -1.55. The fourth-order valence-electron chi connectivity index (χ4n) is 2.84. The normalized spacial score (nSPS) is 16.5. The zero-order valence-corrected chi connectivity index (χ0v) is 13.3. The molecule has 1 fully saturated rings. The summed E-state index contributed by atoms with van der Waals surface area (Å²) in [5, 5.41) is 3.05. The minimum Gasteiger partial charge on any atom is -0.496 e. The summed E-state index contributed by atoms with van der Waals surface area (Å²) in [5.74, 6) is 0.545. The number of nitrogens with one attached hydrogen (secondary N) is 1. The van der Waals surface area contributed by atoms with Crippen LogP contribution in [0, 0.1) is 0 Å². The van der Waals surface area contributed by atoms with E-state index < -0.39 is 0 Å². The van der Waals surface area contributed by atoms with Crippen molar-refractivity contribution in [3.05, 3.63) is 29.8 Å². The Morgan fingerprint density at radius 2 is 1.90 bits per heavy atom. The molecule has 0 aromatic heterocycles. The first kappa shape index (κ1) is 15.8. The Kier molecular flexibility index (Phi) is 5.23. The average molecular weight is 290 g/mol. The Morgan fingerprint density at radius 1 is 1.24 bits per heavy atom. The first-order valence-corrected chi connectivity index (χ1v) is 7.71. The molecule has 1 N–H and O–H groups in total. The van der Waals surface area contributed by atoms with E-state index in [9.17, 15) is 4.79 Å². The highest BCUT2D eigenvalue weighted by atomic mass is 16.5. The van der Waals surface area contributed by atoms with Crippen molar-refractivity contribution in [3.8, 4) is 5.75 Å². The first-order valence-electron chi connectivity index (χ1n) is 7.71. The summed E-state index contributed by atoms with van der Waals surface area (Å²) in [7, 11) is 1.59. The van der Waals surface area contributed by atoms with Gasteiger partial charge in [-0.05, 0) is 51.9 Å². The number of rotatable bonds is 5. The summed E-state index contributed by atoms with van der Waals surface area (Å²) in [6.45, 7) is 7.28. The van der Waals surface area contributed by atoms with E-state index in [1.165, 1.54) is 19.3 Å². The molecule has 2 rings (SSSR count). The van der Waals surface area contributed by atoms with Gasteiger partial charge in [-0.3, -0.25) is 9.69 Å². The minimum atomic E-state index is -0.0717. The summed E-state index contributed by atoms with van der Waals surface area (Å²) in [5.41, 5.74) is 0.576. The van der Waals surface area contributed by atoms with Crippen LogP contribution in [0.5, 0.6) is 5.75 Å². The third-order valence-electron chi connectivity index (χ3n) is 4.25. The summed E-state index contributed by atoms with van der Waals surface area (Å²) >= 11 is 0. The average Bonchev–Trinajstić information content (AvgIpc) is 2.53. The number of amides is 1. The molecular formula is C17H26N2O2. The lowest BCUT2D eigenvalue weighted by Gasteiger charge is -2.41. The Balaban J connectivity index is 1.96. The molecule has 1 saturated heterocycles. The van der Waals surface area contributed by atoms with Crippen molar-refractivity contribution in [1.82, 2.24) is 10.2 Å². The third kappa shape index (κ3) is 3.97. The number of carbonyl (C=O) groups is 1. The number of nitrogens with zero attached hydrogens (tertiary/aromatic N) is 1. The quantitative estimate of drug-likeness (QED) is 0.906. The van der Waals surface area contributed by atoms with Crippen LogP contribution in [0.15, 0.2) is 24.3 Å². The highest BCUT2D eigenvalue weighted by Gasteiger charge is 2.28. The van der Waals surface area contributed by atoms with Gasteiger partial charge in [-0.1, -0.05) is 18.6 Å². The summed E-state index contributed by atoms with van der Waals surface area (Å²) in [4.78, 5) is 14.8. The van der Waals surface area contributed by atoms with Crippen LogP contribution in [-0.2, 0) is 0 Å². The highest BCUT2D eigenvalue weighted by Crippen LogP contribution is 2.21. The van der Waals surface area contributed by atoms with Gasteiger partial charge in [-0.2, -0.15) is 0 Å². The molecule has 1 aromatic carbocycles. The molecule has 0 atom stereocenters. The van der Waals surface area contributed by atoms with Crippen molar-refractivity contribution >= 4 is 5.91 Å². The van der Waals surface area contributed by atoms with E-state index >= 15 is 0 Å². The molecular weight excluding hydrogens is 264 g/mol. The maximum absolute atomic E-state index is 12.3. The fourth-order valence-corrected chi connectivity index (χ4v) is 2.84. The van der Waals surface area contributed by atoms with Crippen LogP contribution < -0.4 is 10.1 Å². The number of ether oxygens (including phenoxy) is 1. The first-order chi connectivity index (χ1) is 10.0. The van der Waals surface area contributed by atoms with Gasteiger partial charge in [-0.25, -0.2) is 0 Å². The van der Waals surface area contributed by atoms with Crippen LogP contribution in [0.25, 0.3) is 0 Å². The van der Waals surface area contributed by atoms with Crippen LogP contribution >= 0.6 is 0 Å². The lowest BCUT2D eigenvalue weighted by Crippen LogP contribution is -2.53. The number of likely N-dealkylation sites (tertiary alicyclic amines) is 1. The summed E-state index contributed by atoms with van der Waals surface area (Å²) in [6, 6.07) is 7.33. The maximum atomic E-state index is 12.3. The summed E-state index contributed by atoms with van der Waals surface area (Å²) < 4.78 is 5.24. The Labute approximate surface area is 127 Å². The van der Waals surface area contributed by atoms with Gasteiger partial charge in [0, 0.05) is 12.1 Å². The maximum Gasteiger partial charge on any atom is 0.255 e. The molecule has 21 heavy (non-hydrogen) atoms. The van der Waals surface area contributed by atoms with E-state index in [1.807, 2.05) is 18.2 Å². The van der Waals surface area contributed by atoms with Crippen LogP contribution in [0.3, 0.4) is 0 Å². The van der Waals surface area contributed by atoms with Gasteiger partial charge >= 0.3 is 0 Å². The van der Waals surface area contributed by atoms with Crippen molar-refractivity contribution in [3.63, 3.8) is 0 Å². The monoisotopic (exact) mass is 290 g/mol. The Bertz CT molecular complexity index is 479. The summed E-state index contributed by atoms with van der Waals surface area (Å²) in [6.07, 6.45) is 3.83. The number of hydrogen-bond acceptors (Lipinski definition) is 3. The van der Waals surface area contributed by atoms with Crippen molar-refractivity contribution < 1.29 is 9.53 Å². The minimum absolute atomic E-state index is 0.0158. The van der Waals surface area contributed by atoms with Gasteiger partial charge in [-0.15, -0.1) is 0 Å². The van der Waals surface area contributed by atoms with Crippen LogP contribution in [0.1, 0.15) is 43.5 Å². The molecule has 0 radical (unpaired) electrons. The van der Waals surface area contributed by atoms with Gasteiger partial charge in [0.2, 0.25) is 0 Å². The predicted octanol–water partition coefficient (Wildman–Crippen LogP) is 2.69. The van der Waals surface area contributed by atoms with Crippen molar-refractivity contribution in [1.29, 1.82) is 0 Å². The second-order valence-corrected chi connectivity index (χ2v) is 6.24. The molecule has 0 unspecified atom stereocenters. The molecule has 4 heteroatoms. The zero-order valence-electron chi connectivity index (χ0n) is 13.3. The molecule has 0 bridgehead atoms. The zero-order chi connectivity index (χ0) is 15.3. The molecule has 1 heterocycles. The van der Waals surface area contributed by atoms with Crippen molar-refractivity contribution in [2.45, 2.75) is 38.6 Å². The number of carbonyl (C=O) groups excluding carboxylic acids is 1. The molecule has 1 aromatic rings. The van der Waals surface area contributed by atoms with E-state index in [2.05, 4.69) is 24.1 Å². The largest absolute Gasteiger partial charge is 0.496 e. The van der Waals surface area contributed by atoms with Crippen LogP contribution in [0.4, 0.5) is 0 Å². The number of benzene rings is 1. The van der Waals surface area contributed by atoms with E-state index in [4.69, 9.17) is 4.74 Å². The van der Waals surface area contributed by atoms with Crippen LogP contribution in [0.2, 0.25) is 0 Å². The van der Waals surface area contributed by atoms with Crippen LogP contribution in [-0.4, -0.2) is 43.1 Å². The molecule has 4 nitrogen and oxygen atoms in total.